The molecule has 0 atom stereocenters. The summed E-state index contributed by atoms with van der Waals surface area (Å²) in [5.41, 5.74) is 0.269. The van der Waals surface area contributed by atoms with E-state index in [9.17, 15) is 4.79 Å². The monoisotopic (exact) mass is 176 g/mol. The molecule has 0 saturated heterocycles. The topological polar surface area (TPSA) is 77.8 Å². The minimum absolute atomic E-state index is 0.0486. The van der Waals surface area contributed by atoms with Gasteiger partial charge in [0, 0.05) is 5.57 Å². The third-order valence-corrected chi connectivity index (χ3v) is 1.07. The van der Waals surface area contributed by atoms with Crippen molar-refractivity contribution in [3.63, 3.8) is 0 Å². The number of aliphatic carboxylic acids is 1. The summed E-state index contributed by atoms with van der Waals surface area (Å²) in [6, 6.07) is 0. The fourth-order valence-corrected chi connectivity index (χ4v) is 0.247. The van der Waals surface area contributed by atoms with Crippen LogP contribution in [0.5, 0.6) is 0 Å². The molecule has 72 valence electrons. The van der Waals surface area contributed by atoms with E-state index in [1.165, 1.54) is 0 Å². The molecule has 0 amide bonds. The van der Waals surface area contributed by atoms with Crippen LogP contribution in [0.15, 0.2) is 12.2 Å². The number of carbonyl (C=O) groups is 1. The minimum atomic E-state index is -0.903. The molecule has 0 bridgehead atoms. The number of hydrogen-bond acceptors (Lipinski definition) is 3. The van der Waals surface area contributed by atoms with Crippen LogP contribution in [0.25, 0.3) is 0 Å². The molecule has 0 aliphatic carbocycles. The van der Waals surface area contributed by atoms with Gasteiger partial charge in [-0.25, -0.2) is 4.79 Å². The Morgan fingerprint density at radius 1 is 1.33 bits per heavy atom. The van der Waals surface area contributed by atoms with Crippen LogP contribution in [0.3, 0.4) is 0 Å². The summed E-state index contributed by atoms with van der Waals surface area (Å²) in [5.74, 6) is -0.854. The Bertz CT molecular complexity index is 138. The van der Waals surface area contributed by atoms with Crippen molar-refractivity contribution in [3.8, 4) is 0 Å². The van der Waals surface area contributed by atoms with E-state index in [0.29, 0.717) is 0 Å². The van der Waals surface area contributed by atoms with Gasteiger partial charge in [0.1, 0.15) is 0 Å². The fourth-order valence-electron chi connectivity index (χ4n) is 0.247. The highest BCUT2D eigenvalue weighted by atomic mass is 16.4. The standard InChI is InChI=1S/C6H10O2.C2H6O2/c1-4(2)5(3)6(7)8;3-1-2-4/h4H,3H2,1-2H3,(H,7,8);3-4H,1-2H2. The van der Waals surface area contributed by atoms with Gasteiger partial charge in [0.25, 0.3) is 0 Å². The number of hydrogen-bond donors (Lipinski definition) is 3. The molecule has 12 heavy (non-hydrogen) atoms. The van der Waals surface area contributed by atoms with Gasteiger partial charge in [0.05, 0.1) is 13.2 Å². The summed E-state index contributed by atoms with van der Waals surface area (Å²) in [7, 11) is 0. The highest BCUT2D eigenvalue weighted by Crippen LogP contribution is 2.04. The maximum absolute atomic E-state index is 10.0. The van der Waals surface area contributed by atoms with Crippen LogP contribution in [0.2, 0.25) is 0 Å². The number of aliphatic hydroxyl groups excluding tert-OH is 2. The Hall–Kier alpha value is -0.870. The normalized spacial score (nSPS) is 8.75. The summed E-state index contributed by atoms with van der Waals surface area (Å²) < 4.78 is 0. The van der Waals surface area contributed by atoms with Crippen LogP contribution >= 0.6 is 0 Å². The van der Waals surface area contributed by atoms with Gasteiger partial charge in [-0.2, -0.15) is 0 Å². The molecule has 0 radical (unpaired) electrons. The third kappa shape index (κ3) is 9.13. The number of aliphatic hydroxyl groups is 2. The van der Waals surface area contributed by atoms with E-state index in [0.717, 1.165) is 0 Å². The predicted octanol–water partition coefficient (Wildman–Crippen LogP) is 0.254. The number of rotatable bonds is 3. The summed E-state index contributed by atoms with van der Waals surface area (Å²) in [6.45, 7) is 6.71. The smallest absolute Gasteiger partial charge is 0.331 e. The lowest BCUT2D eigenvalue weighted by atomic mass is 10.1. The fraction of sp³-hybridized carbons (Fsp3) is 0.625. The molecule has 4 nitrogen and oxygen atoms in total. The molecule has 0 aromatic rings. The molecule has 0 fully saturated rings. The first kappa shape index (κ1) is 13.7. The Kier molecular flexibility index (Phi) is 9.40. The molecule has 0 aliphatic heterocycles. The van der Waals surface area contributed by atoms with Crippen LogP contribution in [0.1, 0.15) is 13.8 Å². The SMILES string of the molecule is C=C(C(=O)O)C(C)C.OCCO. The first-order chi connectivity index (χ1) is 5.47. The molecule has 0 aromatic carbocycles. The summed E-state index contributed by atoms with van der Waals surface area (Å²) >= 11 is 0. The second kappa shape index (κ2) is 8.23. The van der Waals surface area contributed by atoms with Gasteiger partial charge in [0.2, 0.25) is 0 Å². The Morgan fingerprint density at radius 3 is 1.67 bits per heavy atom. The van der Waals surface area contributed by atoms with Crippen LogP contribution in [-0.2, 0) is 4.79 Å². The molecule has 4 heteroatoms. The van der Waals surface area contributed by atoms with Gasteiger partial charge in [-0.3, -0.25) is 0 Å². The van der Waals surface area contributed by atoms with E-state index in [1.54, 1.807) is 13.8 Å². The molecule has 0 spiro atoms. The molecule has 0 heterocycles. The Morgan fingerprint density at radius 2 is 1.67 bits per heavy atom. The molecule has 0 unspecified atom stereocenters. The lowest BCUT2D eigenvalue weighted by Gasteiger charge is -2.00. The van der Waals surface area contributed by atoms with Crippen molar-refractivity contribution in [1.29, 1.82) is 0 Å². The maximum atomic E-state index is 10.0. The zero-order valence-corrected chi connectivity index (χ0v) is 7.45. The first-order valence-electron chi connectivity index (χ1n) is 3.61. The van der Waals surface area contributed by atoms with Gasteiger partial charge in [0.15, 0.2) is 0 Å². The summed E-state index contributed by atoms with van der Waals surface area (Å²) in [4.78, 5) is 10.0. The second-order valence-corrected chi connectivity index (χ2v) is 2.43. The van der Waals surface area contributed by atoms with Crippen LogP contribution in [0.4, 0.5) is 0 Å². The average Bonchev–Trinajstić information content (AvgIpc) is 2.03. The zero-order valence-electron chi connectivity index (χ0n) is 7.45. The van der Waals surface area contributed by atoms with Crippen LogP contribution in [-0.4, -0.2) is 34.5 Å². The zero-order chi connectivity index (χ0) is 10.1. The van der Waals surface area contributed by atoms with Crippen molar-refractivity contribution in [2.45, 2.75) is 13.8 Å². The molecule has 0 rings (SSSR count). The van der Waals surface area contributed by atoms with E-state index in [2.05, 4.69) is 6.58 Å². The minimum Gasteiger partial charge on any atom is -0.478 e. The van der Waals surface area contributed by atoms with E-state index in [4.69, 9.17) is 15.3 Å². The lowest BCUT2D eigenvalue weighted by molar-refractivity contribution is -0.133. The summed E-state index contributed by atoms with van der Waals surface area (Å²) in [5, 5.41) is 23.5. The van der Waals surface area contributed by atoms with Crippen molar-refractivity contribution in [1.82, 2.24) is 0 Å². The lowest BCUT2D eigenvalue weighted by Crippen LogP contribution is -2.04. The largest absolute Gasteiger partial charge is 0.478 e. The van der Waals surface area contributed by atoms with E-state index >= 15 is 0 Å². The molecular formula is C8H16O4. The van der Waals surface area contributed by atoms with E-state index < -0.39 is 5.97 Å². The molecule has 3 N–H and O–H groups in total. The molecule has 0 saturated carbocycles. The van der Waals surface area contributed by atoms with Gasteiger partial charge in [-0.05, 0) is 5.92 Å². The number of carboxylic acids is 1. The van der Waals surface area contributed by atoms with Gasteiger partial charge >= 0.3 is 5.97 Å². The predicted molar refractivity (Wildman–Crippen MR) is 45.8 cm³/mol. The van der Waals surface area contributed by atoms with E-state index in [1.807, 2.05) is 0 Å². The highest BCUT2D eigenvalue weighted by Gasteiger charge is 2.06. The van der Waals surface area contributed by atoms with Crippen molar-refractivity contribution in [2.24, 2.45) is 5.92 Å². The van der Waals surface area contributed by atoms with E-state index in [-0.39, 0.29) is 24.7 Å². The van der Waals surface area contributed by atoms with Crippen LogP contribution < -0.4 is 0 Å². The molecule has 0 aliphatic rings. The van der Waals surface area contributed by atoms with Crippen molar-refractivity contribution < 1.29 is 20.1 Å². The van der Waals surface area contributed by atoms with Gasteiger partial charge in [-0.15, -0.1) is 0 Å². The van der Waals surface area contributed by atoms with Gasteiger partial charge in [-0.1, -0.05) is 20.4 Å². The van der Waals surface area contributed by atoms with Crippen LogP contribution in [0, 0.1) is 5.92 Å². The number of carboxylic acid groups (broad SMARTS) is 1. The highest BCUT2D eigenvalue weighted by molar-refractivity contribution is 5.86. The average molecular weight is 176 g/mol. The first-order valence-corrected chi connectivity index (χ1v) is 3.61. The molecule has 0 aromatic heterocycles. The molecular weight excluding hydrogens is 160 g/mol. The van der Waals surface area contributed by atoms with Crippen molar-refractivity contribution in [3.05, 3.63) is 12.2 Å². The maximum Gasteiger partial charge on any atom is 0.331 e. The second-order valence-electron chi connectivity index (χ2n) is 2.43. The van der Waals surface area contributed by atoms with Gasteiger partial charge < -0.3 is 15.3 Å². The van der Waals surface area contributed by atoms with Crippen molar-refractivity contribution in [2.75, 3.05) is 13.2 Å². The van der Waals surface area contributed by atoms with Crippen molar-refractivity contribution >= 4 is 5.97 Å². The quantitative estimate of drug-likeness (QED) is 0.539. The third-order valence-electron chi connectivity index (χ3n) is 1.07. The Balaban J connectivity index is 0. The Labute approximate surface area is 72.2 Å². The summed E-state index contributed by atoms with van der Waals surface area (Å²) in [6.07, 6.45) is 0.